The lowest BCUT2D eigenvalue weighted by molar-refractivity contribution is 0.0919. The van der Waals surface area contributed by atoms with Gasteiger partial charge in [-0.25, -0.2) is 0 Å². The predicted molar refractivity (Wildman–Crippen MR) is 88.5 cm³/mol. The summed E-state index contributed by atoms with van der Waals surface area (Å²) in [5, 5.41) is 12.5. The number of aliphatic hydroxyl groups excluding tert-OH is 1. The van der Waals surface area contributed by atoms with Gasteiger partial charge in [-0.3, -0.25) is 9.59 Å². The molecule has 1 atom stereocenters. The number of ketones is 1. The minimum atomic E-state index is -0.420. The normalized spacial score (nSPS) is 12.2. The van der Waals surface area contributed by atoms with E-state index in [0.717, 1.165) is 0 Å². The van der Waals surface area contributed by atoms with E-state index in [0.29, 0.717) is 29.7 Å². The van der Waals surface area contributed by atoms with Gasteiger partial charge in [-0.2, -0.15) is 0 Å². The second-order valence-corrected chi connectivity index (χ2v) is 5.86. The highest BCUT2D eigenvalue weighted by Gasteiger charge is 2.12. The van der Waals surface area contributed by atoms with Crippen molar-refractivity contribution in [1.29, 1.82) is 0 Å². The number of aliphatic hydroxyl groups is 1. The van der Waals surface area contributed by atoms with Gasteiger partial charge < -0.3 is 15.4 Å². The number of H-pyrrole nitrogens is 1. The summed E-state index contributed by atoms with van der Waals surface area (Å²) in [7, 11) is 0. The van der Waals surface area contributed by atoms with Gasteiger partial charge in [0.25, 0.3) is 5.91 Å². The van der Waals surface area contributed by atoms with Gasteiger partial charge in [-0.05, 0) is 30.5 Å². The van der Waals surface area contributed by atoms with Gasteiger partial charge in [0.15, 0.2) is 5.78 Å². The Balaban J connectivity index is 1.91. The van der Waals surface area contributed by atoms with Crippen molar-refractivity contribution in [2.24, 2.45) is 5.92 Å². The zero-order chi connectivity index (χ0) is 16.8. The molecule has 0 aliphatic rings. The van der Waals surface area contributed by atoms with Crippen molar-refractivity contribution in [2.75, 3.05) is 6.54 Å². The van der Waals surface area contributed by atoms with Crippen molar-refractivity contribution in [3.8, 4) is 0 Å². The summed E-state index contributed by atoms with van der Waals surface area (Å²) >= 11 is 0. The fraction of sp³-hybridized carbons (Fsp3) is 0.333. The number of aromatic amines is 1. The lowest BCUT2D eigenvalue weighted by Gasteiger charge is -2.14. The topological polar surface area (TPSA) is 82.2 Å². The fourth-order valence-electron chi connectivity index (χ4n) is 2.17. The lowest BCUT2D eigenvalue weighted by Crippen LogP contribution is -2.28. The van der Waals surface area contributed by atoms with Crippen LogP contribution in [0.1, 0.15) is 46.5 Å². The Morgan fingerprint density at radius 3 is 2.30 bits per heavy atom. The molecule has 0 saturated heterocycles. The van der Waals surface area contributed by atoms with E-state index < -0.39 is 6.10 Å². The third-order valence-electron chi connectivity index (χ3n) is 3.76. The number of carbonyl (C=O) groups excluding carboxylic acids is 2. The zero-order valence-electron chi connectivity index (χ0n) is 13.4. The van der Waals surface area contributed by atoms with Gasteiger partial charge in [0.2, 0.25) is 0 Å². The fourth-order valence-corrected chi connectivity index (χ4v) is 2.17. The van der Waals surface area contributed by atoms with Crippen LogP contribution in [0.4, 0.5) is 0 Å². The lowest BCUT2D eigenvalue weighted by atomic mass is 10.0. The molecule has 0 spiro atoms. The van der Waals surface area contributed by atoms with Crippen LogP contribution in [0.2, 0.25) is 0 Å². The first kappa shape index (κ1) is 17.0. The Morgan fingerprint density at radius 1 is 1.09 bits per heavy atom. The van der Waals surface area contributed by atoms with Crippen LogP contribution < -0.4 is 5.32 Å². The smallest absolute Gasteiger partial charge is 0.251 e. The highest BCUT2D eigenvalue weighted by Crippen LogP contribution is 2.11. The van der Waals surface area contributed by atoms with Gasteiger partial charge in [-0.1, -0.05) is 26.0 Å². The van der Waals surface area contributed by atoms with E-state index in [9.17, 15) is 14.7 Å². The van der Waals surface area contributed by atoms with E-state index in [4.69, 9.17) is 0 Å². The van der Waals surface area contributed by atoms with E-state index in [1.165, 1.54) is 0 Å². The van der Waals surface area contributed by atoms with Crippen LogP contribution >= 0.6 is 0 Å². The molecule has 122 valence electrons. The molecule has 1 heterocycles. The predicted octanol–water partition coefficient (Wildman–Crippen LogP) is 2.38. The third kappa shape index (κ3) is 4.53. The van der Waals surface area contributed by atoms with Gasteiger partial charge in [-0.15, -0.1) is 0 Å². The third-order valence-corrected chi connectivity index (χ3v) is 3.76. The average Bonchev–Trinajstić information content (AvgIpc) is 3.08. The number of rotatable bonds is 7. The van der Waals surface area contributed by atoms with Crippen LogP contribution in [0.25, 0.3) is 0 Å². The molecule has 0 bridgehead atoms. The van der Waals surface area contributed by atoms with Crippen LogP contribution in [-0.2, 0) is 0 Å². The summed E-state index contributed by atoms with van der Waals surface area (Å²) < 4.78 is 0. The number of nitrogens with one attached hydrogen (secondary N) is 2. The molecule has 2 rings (SSSR count). The van der Waals surface area contributed by atoms with Crippen molar-refractivity contribution < 1.29 is 14.7 Å². The maximum atomic E-state index is 12.2. The van der Waals surface area contributed by atoms with Crippen molar-refractivity contribution >= 4 is 11.7 Å². The molecule has 3 N–H and O–H groups in total. The van der Waals surface area contributed by atoms with E-state index in [2.05, 4.69) is 10.3 Å². The maximum absolute atomic E-state index is 12.2. The van der Waals surface area contributed by atoms with Gasteiger partial charge >= 0.3 is 0 Å². The molecule has 5 heteroatoms. The summed E-state index contributed by atoms with van der Waals surface area (Å²) in [6, 6.07) is 8.27. The van der Waals surface area contributed by atoms with Gasteiger partial charge in [0.05, 0.1) is 6.10 Å². The van der Waals surface area contributed by atoms with E-state index in [1.807, 2.05) is 13.8 Å². The van der Waals surface area contributed by atoms with Crippen molar-refractivity contribution in [1.82, 2.24) is 10.3 Å². The van der Waals surface area contributed by atoms with E-state index in [1.54, 1.807) is 42.7 Å². The molecular weight excluding hydrogens is 292 g/mol. The van der Waals surface area contributed by atoms with Gasteiger partial charge in [0.1, 0.15) is 0 Å². The molecule has 23 heavy (non-hydrogen) atoms. The first-order valence-electron chi connectivity index (χ1n) is 7.73. The molecule has 1 aromatic carbocycles. The molecule has 0 fully saturated rings. The first-order valence-corrected chi connectivity index (χ1v) is 7.73. The van der Waals surface area contributed by atoms with Crippen LogP contribution in [0.5, 0.6) is 0 Å². The zero-order valence-corrected chi connectivity index (χ0v) is 13.4. The number of aromatic nitrogens is 1. The Bertz CT molecular complexity index is 645. The second-order valence-electron chi connectivity index (χ2n) is 5.86. The van der Waals surface area contributed by atoms with E-state index in [-0.39, 0.29) is 17.6 Å². The molecule has 1 unspecified atom stereocenters. The minimum Gasteiger partial charge on any atom is -0.393 e. The summed E-state index contributed by atoms with van der Waals surface area (Å²) in [4.78, 5) is 27.0. The standard InChI is InChI=1S/C18H22N2O3/c1-12(2)16(21)8-10-20-18(23)14-5-3-13(4-6-14)17(22)15-7-9-19-11-15/h3-7,9,11-12,16,19,21H,8,10H2,1-2H3,(H,20,23). The quantitative estimate of drug-likeness (QED) is 0.686. The summed E-state index contributed by atoms with van der Waals surface area (Å²) in [6.45, 7) is 4.29. The monoisotopic (exact) mass is 314 g/mol. The number of carbonyl (C=O) groups is 2. The van der Waals surface area contributed by atoms with Crippen molar-refractivity contribution in [3.63, 3.8) is 0 Å². The number of hydrogen-bond acceptors (Lipinski definition) is 3. The molecule has 0 aliphatic heterocycles. The van der Waals surface area contributed by atoms with E-state index >= 15 is 0 Å². The number of benzene rings is 1. The maximum Gasteiger partial charge on any atom is 0.251 e. The van der Waals surface area contributed by atoms with Crippen LogP contribution in [0.3, 0.4) is 0 Å². The Morgan fingerprint density at radius 2 is 1.74 bits per heavy atom. The molecule has 0 aliphatic carbocycles. The summed E-state index contributed by atoms with van der Waals surface area (Å²) in [5.41, 5.74) is 1.62. The molecule has 1 aromatic heterocycles. The first-order chi connectivity index (χ1) is 11.0. The molecule has 0 saturated carbocycles. The molecule has 2 aromatic rings. The van der Waals surface area contributed by atoms with Crippen molar-refractivity contribution in [3.05, 3.63) is 59.4 Å². The molecule has 0 radical (unpaired) electrons. The second kappa shape index (κ2) is 7.74. The SMILES string of the molecule is CC(C)C(O)CCNC(=O)c1ccc(C(=O)c2cc[nH]c2)cc1. The van der Waals surface area contributed by atoms with Crippen LogP contribution in [0, 0.1) is 5.92 Å². The summed E-state index contributed by atoms with van der Waals surface area (Å²) in [5.74, 6) is -0.120. The molecular formula is C18H22N2O3. The molecule has 5 nitrogen and oxygen atoms in total. The van der Waals surface area contributed by atoms with Crippen LogP contribution in [-0.4, -0.2) is 34.4 Å². The summed E-state index contributed by atoms with van der Waals surface area (Å²) in [6.07, 6.45) is 3.44. The molecule has 1 amide bonds. The Kier molecular flexibility index (Phi) is 5.71. The van der Waals surface area contributed by atoms with Crippen LogP contribution in [0.15, 0.2) is 42.7 Å². The largest absolute Gasteiger partial charge is 0.393 e. The Labute approximate surface area is 135 Å². The minimum absolute atomic E-state index is 0.0849. The highest BCUT2D eigenvalue weighted by molar-refractivity contribution is 6.09. The highest BCUT2D eigenvalue weighted by atomic mass is 16.3. The number of hydrogen-bond donors (Lipinski definition) is 3. The average molecular weight is 314 g/mol. The number of amides is 1. The van der Waals surface area contributed by atoms with Gasteiger partial charge in [0, 0.05) is 35.6 Å². The Hall–Kier alpha value is -2.40. The van der Waals surface area contributed by atoms with Crippen molar-refractivity contribution in [2.45, 2.75) is 26.4 Å².